The molecule has 0 N–H and O–H groups in total. The van der Waals surface area contributed by atoms with Crippen molar-refractivity contribution in [3.05, 3.63) is 51.4 Å². The van der Waals surface area contributed by atoms with Gasteiger partial charge in [-0.05, 0) is 30.7 Å². The topological polar surface area (TPSA) is 95.2 Å². The summed E-state index contributed by atoms with van der Waals surface area (Å²) in [5, 5.41) is 11.0. The Balaban J connectivity index is 2.55. The van der Waals surface area contributed by atoms with Gasteiger partial charge >= 0.3 is 5.97 Å². The number of aromatic nitrogens is 2. The van der Waals surface area contributed by atoms with Gasteiger partial charge in [0.15, 0.2) is 0 Å². The highest BCUT2D eigenvalue weighted by Crippen LogP contribution is 2.25. The minimum absolute atomic E-state index is 0.0108. The molecule has 7 nitrogen and oxygen atoms in total. The van der Waals surface area contributed by atoms with Crippen molar-refractivity contribution in [3.8, 4) is 11.3 Å². The van der Waals surface area contributed by atoms with Crippen LogP contribution in [0.2, 0.25) is 5.28 Å². The summed E-state index contributed by atoms with van der Waals surface area (Å²) in [6.07, 6.45) is 1.42. The van der Waals surface area contributed by atoms with Crippen LogP contribution in [0.1, 0.15) is 17.3 Å². The van der Waals surface area contributed by atoms with E-state index in [0.29, 0.717) is 11.3 Å². The number of nitro benzene ring substituents is 1. The van der Waals surface area contributed by atoms with Gasteiger partial charge in [0.25, 0.3) is 5.69 Å². The van der Waals surface area contributed by atoms with Crippen LogP contribution in [-0.2, 0) is 4.74 Å². The summed E-state index contributed by atoms with van der Waals surface area (Å²) in [5.41, 5.74) is 0.613. The fraction of sp³-hybridized carbons (Fsp3) is 0.154. The van der Waals surface area contributed by atoms with Gasteiger partial charge in [0.1, 0.15) is 0 Å². The largest absolute Gasteiger partial charge is 0.462 e. The van der Waals surface area contributed by atoms with Crippen molar-refractivity contribution in [1.82, 2.24) is 9.97 Å². The number of non-ortho nitro benzene ring substituents is 1. The monoisotopic (exact) mass is 307 g/mol. The van der Waals surface area contributed by atoms with Crippen LogP contribution < -0.4 is 0 Å². The molecule has 8 heteroatoms. The van der Waals surface area contributed by atoms with E-state index in [9.17, 15) is 14.9 Å². The number of ether oxygens (including phenoxy) is 1. The SMILES string of the molecule is CCOC(=O)c1cc(-c2ccnc(Cl)n2)cc([N+](=O)[O-])c1. The first-order valence-electron chi connectivity index (χ1n) is 5.96. The van der Waals surface area contributed by atoms with E-state index in [-0.39, 0.29) is 23.1 Å². The third-order valence-electron chi connectivity index (χ3n) is 2.56. The third-order valence-corrected chi connectivity index (χ3v) is 2.74. The van der Waals surface area contributed by atoms with Crippen LogP contribution in [0, 0.1) is 10.1 Å². The standard InChI is InChI=1S/C13H10ClN3O4/c1-2-21-12(18)9-5-8(6-10(7-9)17(19)20)11-3-4-15-13(14)16-11/h3-7H,2H2,1H3. The highest BCUT2D eigenvalue weighted by molar-refractivity contribution is 6.28. The van der Waals surface area contributed by atoms with Crippen LogP contribution in [-0.4, -0.2) is 27.5 Å². The minimum Gasteiger partial charge on any atom is -0.462 e. The van der Waals surface area contributed by atoms with Crippen LogP contribution in [0.15, 0.2) is 30.5 Å². The van der Waals surface area contributed by atoms with Crippen molar-refractivity contribution in [2.45, 2.75) is 6.92 Å². The normalized spacial score (nSPS) is 10.2. The first-order chi connectivity index (χ1) is 10.0. The fourth-order valence-corrected chi connectivity index (χ4v) is 1.84. The first kappa shape index (κ1) is 14.9. The number of carbonyl (C=O) groups excluding carboxylic acids is 1. The van der Waals surface area contributed by atoms with Gasteiger partial charge in [-0.25, -0.2) is 14.8 Å². The molecule has 0 spiro atoms. The number of esters is 1. The molecule has 0 saturated carbocycles. The lowest BCUT2D eigenvalue weighted by atomic mass is 10.1. The maximum absolute atomic E-state index is 11.8. The predicted molar refractivity (Wildman–Crippen MR) is 75.1 cm³/mol. The minimum atomic E-state index is -0.636. The van der Waals surface area contributed by atoms with Crippen LogP contribution in [0.3, 0.4) is 0 Å². The Morgan fingerprint density at radius 1 is 1.43 bits per heavy atom. The molecule has 108 valence electrons. The summed E-state index contributed by atoms with van der Waals surface area (Å²) in [6.45, 7) is 1.83. The van der Waals surface area contributed by atoms with Crippen molar-refractivity contribution < 1.29 is 14.5 Å². The summed E-state index contributed by atoms with van der Waals surface area (Å²) >= 11 is 5.70. The molecule has 2 aromatic rings. The lowest BCUT2D eigenvalue weighted by Crippen LogP contribution is -2.05. The van der Waals surface area contributed by atoms with Crippen LogP contribution >= 0.6 is 11.6 Å². The number of carbonyl (C=O) groups is 1. The highest BCUT2D eigenvalue weighted by atomic mass is 35.5. The Kier molecular flexibility index (Phi) is 4.44. The number of nitrogens with zero attached hydrogens (tertiary/aromatic N) is 3. The molecule has 0 saturated heterocycles. The molecule has 0 bridgehead atoms. The molecular formula is C13H10ClN3O4. The first-order valence-corrected chi connectivity index (χ1v) is 6.34. The Hall–Kier alpha value is -2.54. The molecule has 1 aromatic heterocycles. The summed E-state index contributed by atoms with van der Waals surface area (Å²) in [4.78, 5) is 29.9. The molecule has 0 aliphatic rings. The molecule has 1 heterocycles. The Morgan fingerprint density at radius 3 is 2.81 bits per heavy atom. The summed E-state index contributed by atoms with van der Waals surface area (Å²) in [6, 6.07) is 5.47. The summed E-state index contributed by atoms with van der Waals surface area (Å²) in [5.74, 6) is -0.636. The highest BCUT2D eigenvalue weighted by Gasteiger charge is 2.16. The van der Waals surface area contributed by atoms with Crippen LogP contribution in [0.4, 0.5) is 5.69 Å². The molecule has 0 amide bonds. The van der Waals surface area contributed by atoms with E-state index in [1.807, 2.05) is 0 Å². The molecule has 0 aliphatic carbocycles. The Bertz CT molecular complexity index is 706. The number of hydrogen-bond donors (Lipinski definition) is 0. The number of hydrogen-bond acceptors (Lipinski definition) is 6. The maximum atomic E-state index is 11.8. The molecule has 0 radical (unpaired) electrons. The second kappa shape index (κ2) is 6.27. The molecular weight excluding hydrogens is 298 g/mol. The zero-order valence-electron chi connectivity index (χ0n) is 10.9. The molecule has 0 atom stereocenters. The van der Waals surface area contributed by atoms with Crippen molar-refractivity contribution >= 4 is 23.3 Å². The summed E-state index contributed by atoms with van der Waals surface area (Å²) < 4.78 is 4.86. The van der Waals surface area contributed by atoms with Crippen molar-refractivity contribution in [2.24, 2.45) is 0 Å². The van der Waals surface area contributed by atoms with Crippen molar-refractivity contribution in [3.63, 3.8) is 0 Å². The van der Waals surface area contributed by atoms with E-state index in [0.717, 1.165) is 6.07 Å². The average Bonchev–Trinajstić information content (AvgIpc) is 2.47. The van der Waals surface area contributed by atoms with Crippen molar-refractivity contribution in [2.75, 3.05) is 6.61 Å². The Morgan fingerprint density at radius 2 is 2.19 bits per heavy atom. The van der Waals surface area contributed by atoms with Crippen molar-refractivity contribution in [1.29, 1.82) is 0 Å². The quantitative estimate of drug-likeness (QED) is 0.373. The number of nitro groups is 1. The van der Waals surface area contributed by atoms with Crippen LogP contribution in [0.25, 0.3) is 11.3 Å². The number of rotatable bonds is 4. The van der Waals surface area contributed by atoms with Crippen LogP contribution in [0.5, 0.6) is 0 Å². The Labute approximate surface area is 124 Å². The molecule has 1 aromatic carbocycles. The average molecular weight is 308 g/mol. The number of benzene rings is 1. The van der Waals surface area contributed by atoms with E-state index in [1.165, 1.54) is 18.3 Å². The fourth-order valence-electron chi connectivity index (χ4n) is 1.69. The zero-order chi connectivity index (χ0) is 15.4. The zero-order valence-corrected chi connectivity index (χ0v) is 11.7. The second-order valence-electron chi connectivity index (χ2n) is 3.96. The van der Waals surface area contributed by atoms with E-state index in [4.69, 9.17) is 16.3 Å². The van der Waals surface area contributed by atoms with E-state index in [1.54, 1.807) is 13.0 Å². The van der Waals surface area contributed by atoms with Gasteiger partial charge in [-0.15, -0.1) is 0 Å². The van der Waals surface area contributed by atoms with Gasteiger partial charge in [0, 0.05) is 23.9 Å². The molecule has 2 rings (SSSR count). The molecule has 21 heavy (non-hydrogen) atoms. The maximum Gasteiger partial charge on any atom is 0.338 e. The molecule has 0 aliphatic heterocycles. The van der Waals surface area contributed by atoms with Gasteiger partial charge in [0.2, 0.25) is 5.28 Å². The third kappa shape index (κ3) is 3.51. The lowest BCUT2D eigenvalue weighted by molar-refractivity contribution is -0.384. The van der Waals surface area contributed by atoms with Gasteiger partial charge < -0.3 is 4.74 Å². The van der Waals surface area contributed by atoms with E-state index < -0.39 is 10.9 Å². The summed E-state index contributed by atoms with van der Waals surface area (Å²) in [7, 11) is 0. The van der Waals surface area contributed by atoms with Gasteiger partial charge in [-0.2, -0.15) is 0 Å². The van der Waals surface area contributed by atoms with Gasteiger partial charge in [0.05, 0.1) is 22.8 Å². The lowest BCUT2D eigenvalue weighted by Gasteiger charge is -2.05. The van der Waals surface area contributed by atoms with E-state index in [2.05, 4.69) is 9.97 Å². The number of halogens is 1. The van der Waals surface area contributed by atoms with Gasteiger partial charge in [-0.1, -0.05) is 0 Å². The second-order valence-corrected chi connectivity index (χ2v) is 4.30. The molecule has 0 fully saturated rings. The smallest absolute Gasteiger partial charge is 0.338 e. The van der Waals surface area contributed by atoms with Gasteiger partial charge in [-0.3, -0.25) is 10.1 Å². The molecule has 0 unspecified atom stereocenters. The predicted octanol–water partition coefficient (Wildman–Crippen LogP) is 2.88. The van der Waals surface area contributed by atoms with E-state index >= 15 is 0 Å².